The van der Waals surface area contributed by atoms with Crippen molar-refractivity contribution < 1.29 is 0 Å². The third kappa shape index (κ3) is 3.52. The number of aromatic nitrogens is 2. The molecule has 0 saturated heterocycles. The molecule has 1 atom stereocenters. The van der Waals surface area contributed by atoms with Crippen molar-refractivity contribution in [2.24, 2.45) is 11.8 Å². The molecule has 1 aliphatic carbocycles. The second-order valence-electron chi connectivity index (χ2n) is 5.77. The number of rotatable bonds is 5. The standard InChI is InChI=1S/C15H25N3/c1-4-16-9-12-5-6-14-13(8-12)10-17-15(18-14)7-11(2)3/h10-12,16H,4-9H2,1-3H3. The third-order valence-electron chi connectivity index (χ3n) is 3.58. The molecule has 1 aromatic heterocycles. The van der Waals surface area contributed by atoms with Crippen molar-refractivity contribution in [3.8, 4) is 0 Å². The van der Waals surface area contributed by atoms with Gasteiger partial charge in [-0.25, -0.2) is 9.97 Å². The Balaban J connectivity index is 2.01. The molecule has 0 aliphatic heterocycles. The molecule has 1 aromatic rings. The van der Waals surface area contributed by atoms with E-state index in [0.29, 0.717) is 5.92 Å². The average Bonchev–Trinajstić information content (AvgIpc) is 2.35. The summed E-state index contributed by atoms with van der Waals surface area (Å²) in [5.41, 5.74) is 2.67. The maximum absolute atomic E-state index is 4.74. The van der Waals surface area contributed by atoms with E-state index in [2.05, 4.69) is 37.3 Å². The van der Waals surface area contributed by atoms with Gasteiger partial charge in [0, 0.05) is 18.3 Å². The van der Waals surface area contributed by atoms with Crippen molar-refractivity contribution >= 4 is 0 Å². The van der Waals surface area contributed by atoms with Crippen LogP contribution in [0.15, 0.2) is 6.20 Å². The van der Waals surface area contributed by atoms with Crippen molar-refractivity contribution in [1.82, 2.24) is 15.3 Å². The molecule has 1 N–H and O–H groups in total. The van der Waals surface area contributed by atoms with E-state index in [0.717, 1.165) is 44.1 Å². The molecule has 3 heteroatoms. The van der Waals surface area contributed by atoms with E-state index in [-0.39, 0.29) is 0 Å². The number of aryl methyl sites for hydroxylation is 1. The molecular weight excluding hydrogens is 222 g/mol. The molecule has 1 unspecified atom stereocenters. The molecule has 0 amide bonds. The van der Waals surface area contributed by atoms with Crippen molar-refractivity contribution in [3.05, 3.63) is 23.3 Å². The zero-order chi connectivity index (χ0) is 13.0. The predicted molar refractivity (Wildman–Crippen MR) is 74.6 cm³/mol. The van der Waals surface area contributed by atoms with Crippen LogP contribution < -0.4 is 5.32 Å². The van der Waals surface area contributed by atoms with Crippen LogP contribution in [0.25, 0.3) is 0 Å². The smallest absolute Gasteiger partial charge is 0.128 e. The Morgan fingerprint density at radius 3 is 3.00 bits per heavy atom. The fourth-order valence-corrected chi connectivity index (χ4v) is 2.61. The van der Waals surface area contributed by atoms with Crippen LogP contribution in [-0.4, -0.2) is 23.1 Å². The molecule has 0 aromatic carbocycles. The molecule has 0 radical (unpaired) electrons. The molecule has 1 aliphatic rings. The van der Waals surface area contributed by atoms with Gasteiger partial charge < -0.3 is 5.32 Å². The Morgan fingerprint density at radius 2 is 2.28 bits per heavy atom. The minimum atomic E-state index is 0.633. The number of nitrogens with zero attached hydrogens (tertiary/aromatic N) is 2. The molecule has 0 bridgehead atoms. The molecule has 0 spiro atoms. The molecule has 18 heavy (non-hydrogen) atoms. The molecule has 3 nitrogen and oxygen atoms in total. The Bertz CT molecular complexity index is 387. The normalized spacial score (nSPS) is 19.0. The SMILES string of the molecule is CCNCC1CCc2nc(CC(C)C)ncc2C1. The zero-order valence-corrected chi connectivity index (χ0v) is 11.9. The highest BCUT2D eigenvalue weighted by Crippen LogP contribution is 2.23. The van der Waals surface area contributed by atoms with Crippen LogP contribution in [0.3, 0.4) is 0 Å². The summed E-state index contributed by atoms with van der Waals surface area (Å²) < 4.78 is 0. The van der Waals surface area contributed by atoms with Crippen LogP contribution in [0.1, 0.15) is 44.3 Å². The van der Waals surface area contributed by atoms with Gasteiger partial charge in [0.15, 0.2) is 0 Å². The Kier molecular flexibility index (Phi) is 4.70. The van der Waals surface area contributed by atoms with Gasteiger partial charge in [0.05, 0.1) is 0 Å². The first-order chi connectivity index (χ1) is 8.69. The Morgan fingerprint density at radius 1 is 1.44 bits per heavy atom. The number of hydrogen-bond donors (Lipinski definition) is 1. The van der Waals surface area contributed by atoms with Gasteiger partial charge in [0.2, 0.25) is 0 Å². The first kappa shape index (κ1) is 13.5. The van der Waals surface area contributed by atoms with Crippen LogP contribution in [0.4, 0.5) is 0 Å². The van der Waals surface area contributed by atoms with Gasteiger partial charge in [-0.3, -0.25) is 0 Å². The lowest BCUT2D eigenvalue weighted by molar-refractivity contribution is 0.423. The Labute approximate surface area is 110 Å². The van der Waals surface area contributed by atoms with Crippen LogP contribution in [0.5, 0.6) is 0 Å². The lowest BCUT2D eigenvalue weighted by Crippen LogP contribution is -2.27. The molecule has 0 fully saturated rings. The van der Waals surface area contributed by atoms with E-state index in [1.54, 1.807) is 0 Å². The largest absolute Gasteiger partial charge is 0.317 e. The van der Waals surface area contributed by atoms with Gasteiger partial charge in [-0.15, -0.1) is 0 Å². The summed E-state index contributed by atoms with van der Waals surface area (Å²) >= 11 is 0. The third-order valence-corrected chi connectivity index (χ3v) is 3.58. The van der Waals surface area contributed by atoms with Gasteiger partial charge in [0.1, 0.15) is 5.82 Å². The lowest BCUT2D eigenvalue weighted by Gasteiger charge is -2.24. The van der Waals surface area contributed by atoms with Gasteiger partial charge in [-0.2, -0.15) is 0 Å². The van der Waals surface area contributed by atoms with Crippen molar-refractivity contribution in [1.29, 1.82) is 0 Å². The van der Waals surface area contributed by atoms with E-state index in [1.165, 1.54) is 17.7 Å². The maximum Gasteiger partial charge on any atom is 0.128 e. The molecule has 0 saturated carbocycles. The topological polar surface area (TPSA) is 37.8 Å². The minimum absolute atomic E-state index is 0.633. The monoisotopic (exact) mass is 247 g/mol. The fraction of sp³-hybridized carbons (Fsp3) is 0.733. The summed E-state index contributed by atoms with van der Waals surface area (Å²) in [6.07, 6.45) is 6.59. The van der Waals surface area contributed by atoms with E-state index < -0.39 is 0 Å². The molecule has 2 rings (SSSR count). The molecule has 100 valence electrons. The van der Waals surface area contributed by atoms with Gasteiger partial charge in [-0.05, 0) is 49.8 Å². The van der Waals surface area contributed by atoms with Crippen LogP contribution in [0.2, 0.25) is 0 Å². The summed E-state index contributed by atoms with van der Waals surface area (Å²) in [4.78, 5) is 9.25. The van der Waals surface area contributed by atoms with Crippen molar-refractivity contribution in [2.75, 3.05) is 13.1 Å². The van der Waals surface area contributed by atoms with Crippen molar-refractivity contribution in [3.63, 3.8) is 0 Å². The van der Waals surface area contributed by atoms with Crippen molar-refractivity contribution in [2.45, 2.75) is 46.5 Å². The van der Waals surface area contributed by atoms with Gasteiger partial charge in [0.25, 0.3) is 0 Å². The van der Waals surface area contributed by atoms with Crippen LogP contribution in [0, 0.1) is 11.8 Å². The molecule has 1 heterocycles. The first-order valence-corrected chi connectivity index (χ1v) is 7.23. The highest BCUT2D eigenvalue weighted by Gasteiger charge is 2.20. The number of hydrogen-bond acceptors (Lipinski definition) is 3. The Hall–Kier alpha value is -0.960. The zero-order valence-electron chi connectivity index (χ0n) is 11.9. The summed E-state index contributed by atoms with van der Waals surface area (Å²) in [7, 11) is 0. The van der Waals surface area contributed by atoms with E-state index in [4.69, 9.17) is 4.98 Å². The average molecular weight is 247 g/mol. The van der Waals surface area contributed by atoms with Crippen LogP contribution in [-0.2, 0) is 19.3 Å². The number of fused-ring (bicyclic) bond motifs is 1. The van der Waals surface area contributed by atoms with E-state index in [1.807, 2.05) is 0 Å². The fourth-order valence-electron chi connectivity index (χ4n) is 2.61. The molecular formula is C15H25N3. The summed E-state index contributed by atoms with van der Waals surface area (Å²) in [6, 6.07) is 0. The minimum Gasteiger partial charge on any atom is -0.317 e. The van der Waals surface area contributed by atoms with Gasteiger partial charge in [-0.1, -0.05) is 20.8 Å². The summed E-state index contributed by atoms with van der Waals surface area (Å²) in [6.45, 7) is 8.79. The van der Waals surface area contributed by atoms with Gasteiger partial charge >= 0.3 is 0 Å². The first-order valence-electron chi connectivity index (χ1n) is 7.23. The second kappa shape index (κ2) is 6.28. The number of nitrogens with one attached hydrogen (secondary N) is 1. The lowest BCUT2D eigenvalue weighted by atomic mass is 9.87. The van der Waals surface area contributed by atoms with E-state index >= 15 is 0 Å². The quantitative estimate of drug-likeness (QED) is 0.868. The highest BCUT2D eigenvalue weighted by atomic mass is 14.9. The van der Waals surface area contributed by atoms with Crippen LogP contribution >= 0.6 is 0 Å². The van der Waals surface area contributed by atoms with E-state index in [9.17, 15) is 0 Å². The maximum atomic E-state index is 4.74. The summed E-state index contributed by atoms with van der Waals surface area (Å²) in [5, 5.41) is 3.45. The second-order valence-corrected chi connectivity index (χ2v) is 5.77. The highest BCUT2D eigenvalue weighted by molar-refractivity contribution is 5.21. The predicted octanol–water partition coefficient (Wildman–Crippen LogP) is 2.39. The summed E-state index contributed by atoms with van der Waals surface area (Å²) in [5.74, 6) is 2.42.